The van der Waals surface area contributed by atoms with Crippen LogP contribution < -0.4 is 0 Å². The van der Waals surface area contributed by atoms with Gasteiger partial charge in [0.2, 0.25) is 5.91 Å². The number of hydrogen-bond donors (Lipinski definition) is 0. The second-order valence-corrected chi connectivity index (χ2v) is 6.85. The summed E-state index contributed by atoms with van der Waals surface area (Å²) in [6.45, 7) is 7.80. The van der Waals surface area contributed by atoms with Gasteiger partial charge in [0.05, 0.1) is 5.02 Å². The van der Waals surface area contributed by atoms with Crippen LogP contribution in [0, 0.1) is 12.8 Å². The molecular formula is C18H21ClN2O3. The number of halogens is 1. The number of fused-ring (bicyclic) bond motifs is 1. The van der Waals surface area contributed by atoms with Crippen LogP contribution in [0.3, 0.4) is 0 Å². The fourth-order valence-corrected chi connectivity index (χ4v) is 3.26. The molecule has 0 spiro atoms. The van der Waals surface area contributed by atoms with Crippen molar-refractivity contribution in [1.29, 1.82) is 0 Å². The van der Waals surface area contributed by atoms with Gasteiger partial charge in [-0.3, -0.25) is 9.59 Å². The van der Waals surface area contributed by atoms with Gasteiger partial charge < -0.3 is 14.2 Å². The first-order valence-electron chi connectivity index (χ1n) is 8.15. The topological polar surface area (TPSA) is 53.8 Å². The molecule has 0 N–H and O–H groups in total. The summed E-state index contributed by atoms with van der Waals surface area (Å²) < 4.78 is 5.75. The fraction of sp³-hybridized carbons (Fsp3) is 0.444. The van der Waals surface area contributed by atoms with Gasteiger partial charge in [-0.1, -0.05) is 37.6 Å². The maximum absolute atomic E-state index is 12.8. The molecule has 2 aromatic rings. The number of rotatable bonds is 2. The van der Waals surface area contributed by atoms with Crippen LogP contribution in [0.1, 0.15) is 30.0 Å². The van der Waals surface area contributed by atoms with Crippen molar-refractivity contribution >= 4 is 34.4 Å². The van der Waals surface area contributed by atoms with Gasteiger partial charge in [0.15, 0.2) is 11.3 Å². The number of carbonyl (C=O) groups excluding carboxylic acids is 2. The lowest BCUT2D eigenvalue weighted by atomic mass is 10.1. The maximum Gasteiger partial charge on any atom is 0.290 e. The van der Waals surface area contributed by atoms with Gasteiger partial charge in [0, 0.05) is 43.0 Å². The summed E-state index contributed by atoms with van der Waals surface area (Å²) in [5, 5.41) is 1.36. The van der Waals surface area contributed by atoms with Crippen LogP contribution in [0.25, 0.3) is 11.0 Å². The van der Waals surface area contributed by atoms with E-state index in [1.807, 2.05) is 37.8 Å². The van der Waals surface area contributed by atoms with Gasteiger partial charge in [-0.15, -0.1) is 0 Å². The van der Waals surface area contributed by atoms with Crippen LogP contribution in [0.5, 0.6) is 0 Å². The Labute approximate surface area is 146 Å². The molecule has 0 aliphatic carbocycles. The first-order valence-corrected chi connectivity index (χ1v) is 8.53. The number of carbonyl (C=O) groups is 2. The number of piperazine rings is 1. The zero-order chi connectivity index (χ0) is 17.4. The van der Waals surface area contributed by atoms with E-state index >= 15 is 0 Å². The van der Waals surface area contributed by atoms with E-state index in [1.54, 1.807) is 11.0 Å². The van der Waals surface area contributed by atoms with E-state index in [0.717, 1.165) is 10.9 Å². The molecule has 0 atom stereocenters. The van der Waals surface area contributed by atoms with Gasteiger partial charge in [0.25, 0.3) is 5.91 Å². The van der Waals surface area contributed by atoms with E-state index < -0.39 is 0 Å². The van der Waals surface area contributed by atoms with Crippen molar-refractivity contribution in [3.05, 3.63) is 34.5 Å². The molecule has 0 saturated carbocycles. The smallest absolute Gasteiger partial charge is 0.290 e. The molecule has 2 heterocycles. The SMILES string of the molecule is Cc1c(C(=O)N2CCN(C(=O)C(C)C)CC2)oc2c(Cl)cccc12. The Morgan fingerprint density at radius 2 is 1.75 bits per heavy atom. The Balaban J connectivity index is 1.78. The Kier molecular flexibility index (Phi) is 4.54. The molecule has 1 aliphatic heterocycles. The standard InChI is InChI=1S/C18H21ClN2O3/c1-11(2)17(22)20-7-9-21(10-8-20)18(23)15-12(3)13-5-4-6-14(19)16(13)24-15/h4-6,11H,7-10H2,1-3H3. The first kappa shape index (κ1) is 16.8. The summed E-state index contributed by atoms with van der Waals surface area (Å²) in [5.74, 6) is 0.305. The molecule has 2 amide bonds. The number of amides is 2. The molecule has 1 saturated heterocycles. The van der Waals surface area contributed by atoms with Crippen LogP contribution in [0.15, 0.2) is 22.6 Å². The summed E-state index contributed by atoms with van der Waals surface area (Å²) in [6, 6.07) is 5.49. The van der Waals surface area contributed by atoms with Crippen molar-refractivity contribution < 1.29 is 14.0 Å². The van der Waals surface area contributed by atoms with Crippen molar-refractivity contribution in [2.75, 3.05) is 26.2 Å². The minimum absolute atomic E-state index is 0.0213. The van der Waals surface area contributed by atoms with Crippen LogP contribution in [0.4, 0.5) is 0 Å². The predicted octanol–water partition coefficient (Wildman–Crippen LogP) is 3.34. The largest absolute Gasteiger partial charge is 0.449 e. The lowest BCUT2D eigenvalue weighted by molar-refractivity contribution is -0.135. The molecule has 1 aromatic carbocycles. The summed E-state index contributed by atoms with van der Waals surface area (Å²) in [4.78, 5) is 28.4. The summed E-state index contributed by atoms with van der Waals surface area (Å²) in [5.41, 5.74) is 1.35. The van der Waals surface area contributed by atoms with Crippen LogP contribution in [0.2, 0.25) is 5.02 Å². The number of nitrogens with zero attached hydrogens (tertiary/aromatic N) is 2. The van der Waals surface area contributed by atoms with E-state index in [0.29, 0.717) is 42.5 Å². The lowest BCUT2D eigenvalue weighted by Gasteiger charge is -2.35. The molecule has 24 heavy (non-hydrogen) atoms. The number of aryl methyl sites for hydroxylation is 1. The number of hydrogen-bond acceptors (Lipinski definition) is 3. The van der Waals surface area contributed by atoms with Gasteiger partial charge >= 0.3 is 0 Å². The average Bonchev–Trinajstić information content (AvgIpc) is 2.92. The zero-order valence-corrected chi connectivity index (χ0v) is 14.9. The molecule has 128 valence electrons. The highest BCUT2D eigenvalue weighted by atomic mass is 35.5. The van der Waals surface area contributed by atoms with Gasteiger partial charge in [0.1, 0.15) is 0 Å². The Bertz CT molecular complexity index is 789. The molecule has 1 fully saturated rings. The molecule has 5 nitrogen and oxygen atoms in total. The third-order valence-corrected chi connectivity index (χ3v) is 4.78. The van der Waals surface area contributed by atoms with E-state index in [1.165, 1.54) is 0 Å². The second-order valence-electron chi connectivity index (χ2n) is 6.44. The van der Waals surface area contributed by atoms with Gasteiger partial charge in [-0.05, 0) is 13.0 Å². The fourth-order valence-electron chi connectivity index (χ4n) is 3.05. The van der Waals surface area contributed by atoms with Gasteiger partial charge in [-0.25, -0.2) is 0 Å². The molecule has 1 aliphatic rings. The van der Waals surface area contributed by atoms with E-state index in [2.05, 4.69) is 0 Å². The molecule has 0 unspecified atom stereocenters. The third kappa shape index (κ3) is 2.88. The Morgan fingerprint density at radius 3 is 2.33 bits per heavy atom. The van der Waals surface area contributed by atoms with Crippen molar-refractivity contribution in [2.45, 2.75) is 20.8 Å². The first-order chi connectivity index (χ1) is 11.4. The maximum atomic E-state index is 12.8. The van der Waals surface area contributed by atoms with E-state index in [-0.39, 0.29) is 17.7 Å². The van der Waals surface area contributed by atoms with Crippen LogP contribution >= 0.6 is 11.6 Å². The summed E-state index contributed by atoms with van der Waals surface area (Å²) in [6.07, 6.45) is 0. The normalized spacial score (nSPS) is 15.4. The molecule has 0 bridgehead atoms. The number of benzene rings is 1. The summed E-state index contributed by atoms with van der Waals surface area (Å²) in [7, 11) is 0. The van der Waals surface area contributed by atoms with E-state index in [4.69, 9.17) is 16.0 Å². The highest BCUT2D eigenvalue weighted by Crippen LogP contribution is 2.31. The van der Waals surface area contributed by atoms with Crippen molar-refractivity contribution in [3.8, 4) is 0 Å². The molecule has 3 rings (SSSR count). The molecular weight excluding hydrogens is 328 g/mol. The number of furan rings is 1. The molecule has 1 aromatic heterocycles. The Hall–Kier alpha value is -2.01. The second kappa shape index (κ2) is 6.48. The molecule has 0 radical (unpaired) electrons. The van der Waals surface area contributed by atoms with Crippen molar-refractivity contribution in [3.63, 3.8) is 0 Å². The molecule has 6 heteroatoms. The average molecular weight is 349 g/mol. The quantitative estimate of drug-likeness (QED) is 0.836. The minimum Gasteiger partial charge on any atom is -0.449 e. The summed E-state index contributed by atoms with van der Waals surface area (Å²) >= 11 is 6.15. The monoisotopic (exact) mass is 348 g/mol. The van der Waals surface area contributed by atoms with Crippen LogP contribution in [-0.2, 0) is 4.79 Å². The highest BCUT2D eigenvalue weighted by Gasteiger charge is 2.29. The lowest BCUT2D eigenvalue weighted by Crippen LogP contribution is -2.51. The van der Waals surface area contributed by atoms with Gasteiger partial charge in [-0.2, -0.15) is 0 Å². The zero-order valence-electron chi connectivity index (χ0n) is 14.1. The predicted molar refractivity (Wildman–Crippen MR) is 93.3 cm³/mol. The Morgan fingerprint density at radius 1 is 1.12 bits per heavy atom. The van der Waals surface area contributed by atoms with Crippen molar-refractivity contribution in [2.24, 2.45) is 5.92 Å². The van der Waals surface area contributed by atoms with E-state index in [9.17, 15) is 9.59 Å². The third-order valence-electron chi connectivity index (χ3n) is 4.48. The number of para-hydroxylation sites is 1. The van der Waals surface area contributed by atoms with Crippen LogP contribution in [-0.4, -0.2) is 47.8 Å². The minimum atomic E-state index is -0.142. The highest BCUT2D eigenvalue weighted by molar-refractivity contribution is 6.35. The van der Waals surface area contributed by atoms with Crippen molar-refractivity contribution in [1.82, 2.24) is 9.80 Å².